The van der Waals surface area contributed by atoms with E-state index in [1.165, 1.54) is 10.8 Å². The molecule has 1 aliphatic heterocycles. The number of allylic oxidation sites excluding steroid dienone is 1. The molecule has 3 rings (SSSR count). The molecular formula is C14H13N5O3. The number of nitrogens with two attached hydrogens (primary N) is 1. The number of fused-ring (bicyclic) bond motifs is 1. The average Bonchev–Trinajstić information content (AvgIpc) is 2.91. The summed E-state index contributed by atoms with van der Waals surface area (Å²) in [6.07, 6.45) is 1.51. The predicted molar refractivity (Wildman–Crippen MR) is 77.2 cm³/mol. The first-order valence-corrected chi connectivity index (χ1v) is 6.51. The van der Waals surface area contributed by atoms with Gasteiger partial charge >= 0.3 is 5.97 Å². The van der Waals surface area contributed by atoms with Gasteiger partial charge in [0.1, 0.15) is 11.7 Å². The summed E-state index contributed by atoms with van der Waals surface area (Å²) >= 11 is 0. The molecule has 8 heteroatoms. The van der Waals surface area contributed by atoms with Crippen LogP contribution in [0.15, 0.2) is 36.0 Å². The van der Waals surface area contributed by atoms with Crippen molar-refractivity contribution in [2.24, 2.45) is 5.73 Å². The van der Waals surface area contributed by atoms with Crippen LogP contribution in [0, 0.1) is 6.92 Å². The lowest BCUT2D eigenvalue weighted by Crippen LogP contribution is -2.25. The Bertz CT molecular complexity index is 791. The highest BCUT2D eigenvalue weighted by Crippen LogP contribution is 2.31. The molecule has 2 heterocycles. The summed E-state index contributed by atoms with van der Waals surface area (Å²) < 4.78 is 1.44. The van der Waals surface area contributed by atoms with Crippen molar-refractivity contribution in [2.75, 3.05) is 5.32 Å². The van der Waals surface area contributed by atoms with E-state index in [2.05, 4.69) is 15.6 Å². The van der Waals surface area contributed by atoms with Gasteiger partial charge in [-0.15, -0.1) is 5.10 Å². The van der Waals surface area contributed by atoms with E-state index in [0.717, 1.165) is 11.1 Å². The number of amides is 1. The molecule has 0 saturated carbocycles. The number of nitrogens with one attached hydrogen (secondary N) is 1. The number of carboxylic acid groups (broad SMARTS) is 1. The Kier molecular flexibility index (Phi) is 3.13. The summed E-state index contributed by atoms with van der Waals surface area (Å²) in [5.74, 6) is -1.74. The first kappa shape index (κ1) is 13.8. The molecule has 8 nitrogen and oxygen atoms in total. The summed E-state index contributed by atoms with van der Waals surface area (Å²) in [5, 5.41) is 19.5. The number of anilines is 1. The number of rotatable bonds is 3. The van der Waals surface area contributed by atoms with Crippen LogP contribution in [0.25, 0.3) is 0 Å². The molecule has 1 aromatic carbocycles. The van der Waals surface area contributed by atoms with Crippen molar-refractivity contribution in [3.63, 3.8) is 0 Å². The van der Waals surface area contributed by atoms with Gasteiger partial charge in [-0.1, -0.05) is 35.0 Å². The van der Waals surface area contributed by atoms with E-state index in [1.807, 2.05) is 31.2 Å². The van der Waals surface area contributed by atoms with Crippen molar-refractivity contribution in [2.45, 2.75) is 13.0 Å². The average molecular weight is 299 g/mol. The van der Waals surface area contributed by atoms with E-state index in [9.17, 15) is 14.7 Å². The fourth-order valence-electron chi connectivity index (χ4n) is 2.29. The van der Waals surface area contributed by atoms with Crippen LogP contribution in [0.2, 0.25) is 0 Å². The molecule has 112 valence electrons. The largest absolute Gasteiger partial charge is 0.477 e. The second-order valence-electron chi connectivity index (χ2n) is 4.96. The molecule has 2 aromatic rings. The normalized spacial score (nSPS) is 16.4. The summed E-state index contributed by atoms with van der Waals surface area (Å²) in [4.78, 5) is 22.7. The first-order valence-electron chi connectivity index (χ1n) is 6.51. The van der Waals surface area contributed by atoms with Crippen LogP contribution in [-0.2, 0) is 4.79 Å². The van der Waals surface area contributed by atoms with E-state index >= 15 is 0 Å². The lowest BCUT2D eigenvalue weighted by molar-refractivity contribution is -0.132. The van der Waals surface area contributed by atoms with Crippen LogP contribution in [-0.4, -0.2) is 32.0 Å². The van der Waals surface area contributed by atoms with Crippen molar-refractivity contribution < 1.29 is 14.7 Å². The summed E-state index contributed by atoms with van der Waals surface area (Å²) in [6, 6.07) is 7.09. The van der Waals surface area contributed by atoms with Gasteiger partial charge in [-0.2, -0.15) is 0 Å². The van der Waals surface area contributed by atoms with Crippen LogP contribution in [0.3, 0.4) is 0 Å². The molecule has 1 aromatic heterocycles. The highest BCUT2D eigenvalue weighted by molar-refractivity contribution is 5.98. The van der Waals surface area contributed by atoms with Crippen molar-refractivity contribution in [1.29, 1.82) is 0 Å². The van der Waals surface area contributed by atoms with Crippen molar-refractivity contribution in [1.82, 2.24) is 15.0 Å². The fourth-order valence-corrected chi connectivity index (χ4v) is 2.29. The van der Waals surface area contributed by atoms with Gasteiger partial charge in [-0.25, -0.2) is 9.48 Å². The number of carbonyl (C=O) groups is 2. The van der Waals surface area contributed by atoms with E-state index in [1.54, 1.807) is 0 Å². The maximum absolute atomic E-state index is 11.4. The first-order chi connectivity index (χ1) is 10.5. The number of aryl methyl sites for hydroxylation is 1. The third-order valence-corrected chi connectivity index (χ3v) is 3.42. The smallest absolute Gasteiger partial charge is 0.352 e. The monoisotopic (exact) mass is 299 g/mol. The second kappa shape index (κ2) is 4.99. The van der Waals surface area contributed by atoms with Gasteiger partial charge in [0.05, 0.1) is 0 Å². The number of primary amides is 1. The van der Waals surface area contributed by atoms with Gasteiger partial charge in [0, 0.05) is 0 Å². The highest BCUT2D eigenvalue weighted by Gasteiger charge is 2.29. The molecule has 4 N–H and O–H groups in total. The molecule has 1 atom stereocenters. The van der Waals surface area contributed by atoms with Gasteiger partial charge in [0.2, 0.25) is 0 Å². The summed E-state index contributed by atoms with van der Waals surface area (Å²) in [6.45, 7) is 1.96. The van der Waals surface area contributed by atoms with E-state index in [4.69, 9.17) is 5.73 Å². The van der Waals surface area contributed by atoms with Crippen LogP contribution in [0.5, 0.6) is 0 Å². The second-order valence-corrected chi connectivity index (χ2v) is 4.96. The zero-order chi connectivity index (χ0) is 15.9. The lowest BCUT2D eigenvalue weighted by atomic mass is 10.0. The Labute approximate surface area is 125 Å². The molecule has 1 amide bonds. The number of hydrogen-bond donors (Lipinski definition) is 3. The maximum atomic E-state index is 11.4. The van der Waals surface area contributed by atoms with Crippen LogP contribution >= 0.6 is 0 Å². The third-order valence-electron chi connectivity index (χ3n) is 3.42. The van der Waals surface area contributed by atoms with Crippen LogP contribution < -0.4 is 11.1 Å². The Morgan fingerprint density at radius 3 is 2.59 bits per heavy atom. The van der Waals surface area contributed by atoms with E-state index in [0.29, 0.717) is 0 Å². The highest BCUT2D eigenvalue weighted by atomic mass is 16.4. The maximum Gasteiger partial charge on any atom is 0.352 e. The molecule has 0 saturated heterocycles. The Balaban J connectivity index is 2.15. The predicted octanol–water partition coefficient (Wildman–Crippen LogP) is 0.669. The van der Waals surface area contributed by atoms with Crippen LogP contribution in [0.4, 0.5) is 5.82 Å². The van der Waals surface area contributed by atoms with Gasteiger partial charge in [-0.05, 0) is 18.6 Å². The van der Waals surface area contributed by atoms with Crippen molar-refractivity contribution >= 4 is 17.7 Å². The van der Waals surface area contributed by atoms with Gasteiger partial charge in [0.25, 0.3) is 5.91 Å². The van der Waals surface area contributed by atoms with Gasteiger partial charge in [-0.3, -0.25) is 4.79 Å². The lowest BCUT2D eigenvalue weighted by Gasteiger charge is -2.23. The molecule has 0 bridgehead atoms. The summed E-state index contributed by atoms with van der Waals surface area (Å²) in [7, 11) is 0. The van der Waals surface area contributed by atoms with E-state index < -0.39 is 17.9 Å². The molecule has 22 heavy (non-hydrogen) atoms. The molecule has 1 aliphatic rings. The standard InChI is InChI=1S/C14H13N5O3/c1-7-2-4-8(5-3-7)10-6-9(14(21)22)16-13-11(12(15)20)17-18-19(10)13/h2-6,10,16H,1H3,(H2,15,20)(H,21,22). The van der Waals surface area contributed by atoms with E-state index in [-0.39, 0.29) is 17.2 Å². The third kappa shape index (κ3) is 2.20. The molecule has 0 aliphatic carbocycles. The number of hydrogen-bond acceptors (Lipinski definition) is 5. The minimum atomic E-state index is -1.14. The minimum Gasteiger partial charge on any atom is -0.477 e. The van der Waals surface area contributed by atoms with Crippen molar-refractivity contribution in [3.05, 3.63) is 52.9 Å². The zero-order valence-corrected chi connectivity index (χ0v) is 11.6. The fraction of sp³-hybridized carbons (Fsp3) is 0.143. The molecule has 0 fully saturated rings. The minimum absolute atomic E-state index is 0.0529. The SMILES string of the molecule is Cc1ccc(C2C=C(C(=O)O)Nc3c(C(N)=O)nnn32)cc1. The zero-order valence-electron chi connectivity index (χ0n) is 11.6. The number of nitrogens with zero attached hydrogens (tertiary/aromatic N) is 3. The Hall–Kier alpha value is -3.16. The number of carboxylic acids is 1. The number of carbonyl (C=O) groups excluding carboxylic acids is 1. The van der Waals surface area contributed by atoms with Crippen molar-refractivity contribution in [3.8, 4) is 0 Å². The molecule has 0 radical (unpaired) electrons. The molecule has 1 unspecified atom stereocenters. The van der Waals surface area contributed by atoms with Gasteiger partial charge < -0.3 is 16.2 Å². The van der Waals surface area contributed by atoms with Gasteiger partial charge in [0.15, 0.2) is 11.5 Å². The molecular weight excluding hydrogens is 286 g/mol. The topological polar surface area (TPSA) is 123 Å². The Morgan fingerprint density at radius 1 is 1.32 bits per heavy atom. The Morgan fingerprint density at radius 2 is 2.00 bits per heavy atom. The number of aromatic nitrogens is 3. The number of benzene rings is 1. The van der Waals surface area contributed by atoms with Crippen LogP contribution in [0.1, 0.15) is 27.7 Å². The quantitative estimate of drug-likeness (QED) is 0.765. The summed E-state index contributed by atoms with van der Waals surface area (Å²) in [5.41, 5.74) is 7.01. The molecule has 0 spiro atoms. The number of aliphatic carboxylic acids is 1.